The monoisotopic (exact) mass is 310 g/mol. The van der Waals surface area contributed by atoms with Gasteiger partial charge in [0.05, 0.1) is 11.4 Å². The highest BCUT2D eigenvalue weighted by molar-refractivity contribution is 7.12. The lowest BCUT2D eigenvalue weighted by Gasteiger charge is -2.27. The van der Waals surface area contributed by atoms with E-state index in [9.17, 15) is 19.5 Å². The van der Waals surface area contributed by atoms with Crippen molar-refractivity contribution in [3.63, 3.8) is 0 Å². The highest BCUT2D eigenvalue weighted by Crippen LogP contribution is 2.17. The molecule has 2 N–H and O–H groups in total. The Bertz CT molecular complexity index is 515. The Labute approximate surface area is 126 Å². The number of nitrogens with one attached hydrogen (secondary N) is 1. The summed E-state index contributed by atoms with van der Waals surface area (Å²) in [5.74, 6) is -1.62. The van der Waals surface area contributed by atoms with Gasteiger partial charge in [-0.25, -0.2) is 4.79 Å². The molecule has 0 aromatic carbocycles. The minimum absolute atomic E-state index is 0.166. The summed E-state index contributed by atoms with van der Waals surface area (Å²) in [4.78, 5) is 37.2. The molecule has 6 nitrogen and oxygen atoms in total. The molecule has 2 rings (SSSR count). The Morgan fingerprint density at radius 1 is 1.33 bits per heavy atom. The van der Waals surface area contributed by atoms with E-state index >= 15 is 0 Å². The first-order chi connectivity index (χ1) is 10.1. The number of amides is 2. The molecule has 1 aliphatic rings. The van der Waals surface area contributed by atoms with Gasteiger partial charge in [0.2, 0.25) is 5.91 Å². The molecule has 114 valence electrons. The zero-order valence-electron chi connectivity index (χ0n) is 11.6. The van der Waals surface area contributed by atoms with E-state index < -0.39 is 12.0 Å². The van der Waals surface area contributed by atoms with Crippen LogP contribution in [0.5, 0.6) is 0 Å². The summed E-state index contributed by atoms with van der Waals surface area (Å²) in [6.07, 6.45) is 3.01. The van der Waals surface area contributed by atoms with Crippen LogP contribution in [0.1, 0.15) is 35.4 Å². The first-order valence-electron chi connectivity index (χ1n) is 6.93. The molecule has 1 fully saturated rings. The summed E-state index contributed by atoms with van der Waals surface area (Å²) >= 11 is 1.30. The van der Waals surface area contributed by atoms with E-state index in [0.717, 1.165) is 19.3 Å². The zero-order valence-corrected chi connectivity index (χ0v) is 12.4. The SMILES string of the molecule is O=C(NCC(=O)N1CCCCCC1C(=O)O)c1cccs1. The fraction of sp³-hybridized carbons (Fsp3) is 0.500. The van der Waals surface area contributed by atoms with Gasteiger partial charge in [0.1, 0.15) is 6.04 Å². The molecule has 0 aliphatic carbocycles. The minimum atomic E-state index is -0.977. The van der Waals surface area contributed by atoms with E-state index in [-0.39, 0.29) is 18.4 Å². The summed E-state index contributed by atoms with van der Waals surface area (Å²) in [5.41, 5.74) is 0. The maximum atomic E-state index is 12.2. The molecule has 1 atom stereocenters. The third kappa shape index (κ3) is 4.04. The standard InChI is InChI=1S/C14H18N2O4S/c17-12(9-15-13(18)11-6-4-8-21-11)16-7-3-1-2-5-10(16)14(19)20/h4,6,8,10H,1-3,5,7,9H2,(H,15,18)(H,19,20). The van der Waals surface area contributed by atoms with Crippen molar-refractivity contribution in [1.82, 2.24) is 10.2 Å². The van der Waals surface area contributed by atoms with E-state index in [0.29, 0.717) is 17.8 Å². The Hall–Kier alpha value is -1.89. The third-order valence-corrected chi connectivity index (χ3v) is 4.37. The number of carbonyl (C=O) groups is 3. The molecular formula is C14H18N2O4S. The number of likely N-dealkylation sites (tertiary alicyclic amines) is 1. The van der Waals surface area contributed by atoms with Gasteiger partial charge in [-0.3, -0.25) is 9.59 Å². The molecule has 0 bridgehead atoms. The van der Waals surface area contributed by atoms with Crippen molar-refractivity contribution < 1.29 is 19.5 Å². The van der Waals surface area contributed by atoms with Crippen LogP contribution in [0.25, 0.3) is 0 Å². The van der Waals surface area contributed by atoms with Crippen molar-refractivity contribution >= 4 is 29.1 Å². The Kier molecular flexibility index (Phi) is 5.32. The predicted octanol–water partition coefficient (Wildman–Crippen LogP) is 1.33. The van der Waals surface area contributed by atoms with Gasteiger partial charge in [0.25, 0.3) is 5.91 Å². The van der Waals surface area contributed by atoms with Crippen LogP contribution in [-0.2, 0) is 9.59 Å². The summed E-state index contributed by atoms with van der Waals surface area (Å²) in [7, 11) is 0. The summed E-state index contributed by atoms with van der Waals surface area (Å²) in [6.45, 7) is 0.269. The zero-order chi connectivity index (χ0) is 15.2. The summed E-state index contributed by atoms with van der Waals surface area (Å²) < 4.78 is 0. The predicted molar refractivity (Wildman–Crippen MR) is 78.3 cm³/mol. The number of nitrogens with zero attached hydrogens (tertiary/aromatic N) is 1. The average molecular weight is 310 g/mol. The fourth-order valence-corrected chi connectivity index (χ4v) is 3.06. The van der Waals surface area contributed by atoms with Crippen LogP contribution in [0.3, 0.4) is 0 Å². The highest BCUT2D eigenvalue weighted by atomic mass is 32.1. The van der Waals surface area contributed by atoms with Gasteiger partial charge in [-0.1, -0.05) is 18.9 Å². The van der Waals surface area contributed by atoms with Crippen molar-refractivity contribution in [2.24, 2.45) is 0 Å². The molecule has 2 amide bonds. The summed E-state index contributed by atoms with van der Waals surface area (Å²) in [6, 6.07) is 2.66. The van der Waals surface area contributed by atoms with Gasteiger partial charge >= 0.3 is 5.97 Å². The largest absolute Gasteiger partial charge is 0.480 e. The maximum Gasteiger partial charge on any atom is 0.326 e. The van der Waals surface area contributed by atoms with E-state index in [2.05, 4.69) is 5.32 Å². The van der Waals surface area contributed by atoms with Gasteiger partial charge in [-0.05, 0) is 24.3 Å². The minimum Gasteiger partial charge on any atom is -0.480 e. The smallest absolute Gasteiger partial charge is 0.326 e. The highest BCUT2D eigenvalue weighted by Gasteiger charge is 2.30. The van der Waals surface area contributed by atoms with Crippen molar-refractivity contribution in [2.75, 3.05) is 13.1 Å². The second-order valence-electron chi connectivity index (χ2n) is 4.95. The lowest BCUT2D eigenvalue weighted by atomic mass is 10.1. The molecule has 1 unspecified atom stereocenters. The molecule has 1 aromatic heterocycles. The molecule has 0 radical (unpaired) electrons. The number of carbonyl (C=O) groups excluding carboxylic acids is 2. The topological polar surface area (TPSA) is 86.7 Å². The second kappa shape index (κ2) is 7.21. The fourth-order valence-electron chi connectivity index (χ4n) is 2.42. The third-order valence-electron chi connectivity index (χ3n) is 3.50. The lowest BCUT2D eigenvalue weighted by molar-refractivity contribution is -0.149. The number of carboxylic acids is 1. The maximum absolute atomic E-state index is 12.2. The van der Waals surface area contributed by atoms with Crippen molar-refractivity contribution in [1.29, 1.82) is 0 Å². The Balaban J connectivity index is 1.94. The number of thiophene rings is 1. The molecule has 1 aromatic rings. The molecule has 0 saturated carbocycles. The van der Waals surface area contributed by atoms with Crippen LogP contribution in [0, 0.1) is 0 Å². The van der Waals surface area contributed by atoms with Gasteiger partial charge < -0.3 is 15.3 Å². The van der Waals surface area contributed by atoms with Crippen LogP contribution < -0.4 is 5.32 Å². The van der Waals surface area contributed by atoms with Gasteiger partial charge in [-0.2, -0.15) is 0 Å². The number of hydrogen-bond donors (Lipinski definition) is 2. The van der Waals surface area contributed by atoms with E-state index in [4.69, 9.17) is 0 Å². The van der Waals surface area contributed by atoms with Crippen molar-refractivity contribution in [3.05, 3.63) is 22.4 Å². The quantitative estimate of drug-likeness (QED) is 0.878. The van der Waals surface area contributed by atoms with Gasteiger partial charge in [0.15, 0.2) is 0 Å². The van der Waals surface area contributed by atoms with E-state index in [1.165, 1.54) is 16.2 Å². The Morgan fingerprint density at radius 2 is 2.14 bits per heavy atom. The molecule has 7 heteroatoms. The van der Waals surface area contributed by atoms with Crippen LogP contribution in [0.2, 0.25) is 0 Å². The van der Waals surface area contributed by atoms with Crippen LogP contribution in [-0.4, -0.2) is 46.9 Å². The first-order valence-corrected chi connectivity index (χ1v) is 7.81. The normalized spacial score (nSPS) is 18.9. The number of aliphatic carboxylic acids is 1. The molecular weight excluding hydrogens is 292 g/mol. The lowest BCUT2D eigenvalue weighted by Crippen LogP contribution is -2.48. The van der Waals surface area contributed by atoms with Crippen molar-refractivity contribution in [3.8, 4) is 0 Å². The Morgan fingerprint density at radius 3 is 2.81 bits per heavy atom. The van der Waals surface area contributed by atoms with E-state index in [1.807, 2.05) is 0 Å². The molecule has 1 saturated heterocycles. The summed E-state index contributed by atoms with van der Waals surface area (Å²) in [5, 5.41) is 13.6. The second-order valence-corrected chi connectivity index (χ2v) is 5.90. The van der Waals surface area contributed by atoms with E-state index in [1.54, 1.807) is 17.5 Å². The van der Waals surface area contributed by atoms with Crippen molar-refractivity contribution in [2.45, 2.75) is 31.7 Å². The first kappa shape index (κ1) is 15.5. The van der Waals surface area contributed by atoms with Gasteiger partial charge in [0, 0.05) is 6.54 Å². The van der Waals surface area contributed by atoms with Crippen LogP contribution in [0.4, 0.5) is 0 Å². The average Bonchev–Trinajstić information content (AvgIpc) is 2.88. The molecule has 2 heterocycles. The molecule has 0 spiro atoms. The number of rotatable bonds is 4. The molecule has 1 aliphatic heterocycles. The van der Waals surface area contributed by atoms with Gasteiger partial charge in [-0.15, -0.1) is 11.3 Å². The van der Waals surface area contributed by atoms with Crippen LogP contribution >= 0.6 is 11.3 Å². The number of hydrogen-bond acceptors (Lipinski definition) is 4. The number of carboxylic acid groups (broad SMARTS) is 1. The molecule has 21 heavy (non-hydrogen) atoms. The van der Waals surface area contributed by atoms with Crippen LogP contribution in [0.15, 0.2) is 17.5 Å².